The molecule has 0 N–H and O–H groups in total. The van der Waals surface area contributed by atoms with Gasteiger partial charge in [-0.05, 0) is 5.92 Å². The zero-order valence-corrected chi connectivity index (χ0v) is 16.9. The summed E-state index contributed by atoms with van der Waals surface area (Å²) in [4.78, 5) is 0. The van der Waals surface area contributed by atoms with Crippen molar-refractivity contribution in [1.82, 2.24) is 0 Å². The molecule has 0 aliphatic rings. The molecule has 0 saturated carbocycles. The van der Waals surface area contributed by atoms with Crippen LogP contribution in [0, 0.1) is 5.92 Å². The lowest BCUT2D eigenvalue weighted by molar-refractivity contribution is 0.546. The largest absolute Gasteiger partial charge is 0.314 e. The Morgan fingerprint density at radius 2 is 1.26 bits per heavy atom. The van der Waals surface area contributed by atoms with Crippen LogP contribution in [0.4, 0.5) is 0 Å². The third-order valence-corrected chi connectivity index (χ3v) is 13.9. The van der Waals surface area contributed by atoms with Gasteiger partial charge in [-0.25, -0.2) is 0 Å². The highest BCUT2D eigenvalue weighted by Gasteiger charge is 2.46. The minimum absolute atomic E-state index is 0.254. The van der Waals surface area contributed by atoms with E-state index in [0.29, 0.717) is 5.92 Å². The monoisotopic (exact) mass is 344 g/mol. The van der Waals surface area contributed by atoms with Gasteiger partial charge in [-0.2, -0.15) is 0 Å². The second kappa shape index (κ2) is 7.19. The SMILES string of the molecule is CC[C@H](C)[C@H]([Si](C)(C)C)P(=O)(c1ccccc1)c1ccccc1. The van der Waals surface area contributed by atoms with Crippen molar-refractivity contribution in [2.75, 3.05) is 0 Å². The van der Waals surface area contributed by atoms with Gasteiger partial charge in [0.1, 0.15) is 7.14 Å². The molecule has 3 heteroatoms. The van der Waals surface area contributed by atoms with Crippen LogP contribution >= 0.6 is 7.14 Å². The first kappa shape index (κ1) is 18.2. The first-order chi connectivity index (χ1) is 10.8. The molecule has 0 bridgehead atoms. The average molecular weight is 345 g/mol. The fraction of sp³-hybridized carbons (Fsp3) is 0.400. The maximum absolute atomic E-state index is 14.6. The molecular formula is C20H29OPSi. The predicted molar refractivity (Wildman–Crippen MR) is 106 cm³/mol. The lowest BCUT2D eigenvalue weighted by atomic mass is 10.1. The molecular weight excluding hydrogens is 315 g/mol. The van der Waals surface area contributed by atoms with Crippen molar-refractivity contribution in [2.24, 2.45) is 5.92 Å². The average Bonchev–Trinajstić information content (AvgIpc) is 2.55. The normalized spacial score (nSPS) is 15.2. The highest BCUT2D eigenvalue weighted by molar-refractivity contribution is 7.81. The zero-order chi connectivity index (χ0) is 17.1. The van der Waals surface area contributed by atoms with E-state index in [2.05, 4.69) is 57.8 Å². The molecule has 124 valence electrons. The fourth-order valence-electron chi connectivity index (χ4n) is 3.75. The molecule has 2 atom stereocenters. The standard InChI is InChI=1S/C20H29OPSi/c1-6-17(2)20(23(3,4)5)22(21,18-13-9-7-10-14-18)19-15-11-8-12-16-19/h7-17,20H,6H2,1-5H3/t17-,20-/m0/s1. The van der Waals surface area contributed by atoms with Crippen LogP contribution in [0.3, 0.4) is 0 Å². The zero-order valence-electron chi connectivity index (χ0n) is 15.0. The quantitative estimate of drug-likeness (QED) is 0.514. The first-order valence-corrected chi connectivity index (χ1v) is 13.9. The fourth-order valence-corrected chi connectivity index (χ4v) is 14.0. The van der Waals surface area contributed by atoms with Gasteiger partial charge in [-0.1, -0.05) is 101 Å². The number of hydrogen-bond acceptors (Lipinski definition) is 1. The first-order valence-electron chi connectivity index (χ1n) is 8.52. The molecule has 0 spiro atoms. The van der Waals surface area contributed by atoms with E-state index in [1.165, 1.54) is 0 Å². The summed E-state index contributed by atoms with van der Waals surface area (Å²) in [5.74, 6) is 0.452. The Balaban J connectivity index is 2.74. The van der Waals surface area contributed by atoms with Gasteiger partial charge >= 0.3 is 0 Å². The number of hydrogen-bond donors (Lipinski definition) is 0. The molecule has 0 aromatic heterocycles. The van der Waals surface area contributed by atoms with E-state index >= 15 is 0 Å². The van der Waals surface area contributed by atoms with Crippen LogP contribution in [0.2, 0.25) is 19.6 Å². The van der Waals surface area contributed by atoms with Crippen molar-refractivity contribution in [2.45, 2.75) is 45.2 Å². The lowest BCUT2D eigenvalue weighted by Gasteiger charge is -2.40. The minimum atomic E-state index is -2.67. The van der Waals surface area contributed by atoms with E-state index in [1.807, 2.05) is 36.4 Å². The smallest absolute Gasteiger partial charge is 0.143 e. The Morgan fingerprint density at radius 3 is 1.57 bits per heavy atom. The second-order valence-corrected chi connectivity index (χ2v) is 16.3. The van der Waals surface area contributed by atoms with Crippen LogP contribution in [0.5, 0.6) is 0 Å². The highest BCUT2D eigenvalue weighted by atomic mass is 31.2. The third kappa shape index (κ3) is 3.70. The van der Waals surface area contributed by atoms with Gasteiger partial charge in [0, 0.05) is 15.9 Å². The molecule has 2 aromatic rings. The molecule has 0 aliphatic carbocycles. The Morgan fingerprint density at radius 1 is 0.870 bits per heavy atom. The van der Waals surface area contributed by atoms with Crippen LogP contribution in [-0.4, -0.2) is 13.4 Å². The molecule has 2 rings (SSSR count). The maximum Gasteiger partial charge on any atom is 0.143 e. The minimum Gasteiger partial charge on any atom is -0.314 e. The number of rotatable bonds is 6. The summed E-state index contributed by atoms with van der Waals surface area (Å²) < 4.78 is 14.6. The summed E-state index contributed by atoms with van der Waals surface area (Å²) in [6, 6.07) is 20.3. The lowest BCUT2D eigenvalue weighted by Crippen LogP contribution is -2.46. The van der Waals surface area contributed by atoms with E-state index in [0.717, 1.165) is 17.0 Å². The third-order valence-electron chi connectivity index (χ3n) is 4.74. The summed E-state index contributed by atoms with van der Waals surface area (Å²) in [5.41, 5.74) is 0. The van der Waals surface area contributed by atoms with E-state index in [9.17, 15) is 4.57 Å². The molecule has 0 saturated heterocycles. The molecule has 0 amide bonds. The van der Waals surface area contributed by atoms with Crippen molar-refractivity contribution in [1.29, 1.82) is 0 Å². The molecule has 0 radical (unpaired) electrons. The van der Waals surface area contributed by atoms with Gasteiger partial charge in [0.15, 0.2) is 0 Å². The van der Waals surface area contributed by atoms with Crippen molar-refractivity contribution >= 4 is 25.8 Å². The molecule has 0 fully saturated rings. The molecule has 0 heterocycles. The molecule has 1 nitrogen and oxygen atoms in total. The van der Waals surface area contributed by atoms with Gasteiger partial charge in [0.25, 0.3) is 0 Å². The summed E-state index contributed by atoms with van der Waals surface area (Å²) in [7, 11) is -4.30. The summed E-state index contributed by atoms with van der Waals surface area (Å²) in [6.45, 7) is 11.6. The van der Waals surface area contributed by atoms with Crippen molar-refractivity contribution in [3.05, 3.63) is 60.7 Å². The van der Waals surface area contributed by atoms with Gasteiger partial charge in [-0.3, -0.25) is 0 Å². The molecule has 23 heavy (non-hydrogen) atoms. The van der Waals surface area contributed by atoms with Crippen LogP contribution in [-0.2, 0) is 4.57 Å². The van der Waals surface area contributed by atoms with Crippen molar-refractivity contribution < 1.29 is 4.57 Å². The molecule has 0 aliphatic heterocycles. The second-order valence-electron chi connectivity index (χ2n) is 7.53. The number of benzene rings is 2. The van der Waals surface area contributed by atoms with Gasteiger partial charge in [-0.15, -0.1) is 0 Å². The van der Waals surface area contributed by atoms with Crippen LogP contribution in [0.15, 0.2) is 60.7 Å². The van der Waals surface area contributed by atoms with Crippen molar-refractivity contribution in [3.63, 3.8) is 0 Å². The van der Waals surface area contributed by atoms with E-state index < -0.39 is 15.2 Å². The van der Waals surface area contributed by atoms with Gasteiger partial charge < -0.3 is 4.57 Å². The van der Waals surface area contributed by atoms with E-state index in [-0.39, 0.29) is 5.28 Å². The van der Waals surface area contributed by atoms with Crippen LogP contribution in [0.1, 0.15) is 20.3 Å². The Bertz CT molecular complexity index is 618. The Kier molecular flexibility index (Phi) is 5.70. The van der Waals surface area contributed by atoms with Gasteiger partial charge in [0.05, 0.1) is 8.07 Å². The summed E-state index contributed by atoms with van der Waals surface area (Å²) >= 11 is 0. The van der Waals surface area contributed by atoms with E-state index in [4.69, 9.17) is 0 Å². The molecule has 0 unspecified atom stereocenters. The van der Waals surface area contributed by atoms with Gasteiger partial charge in [0.2, 0.25) is 0 Å². The maximum atomic E-state index is 14.6. The van der Waals surface area contributed by atoms with Crippen LogP contribution < -0.4 is 10.6 Å². The highest BCUT2D eigenvalue weighted by Crippen LogP contribution is 2.55. The Hall–Kier alpha value is -1.11. The Labute approximate surface area is 142 Å². The van der Waals surface area contributed by atoms with E-state index in [1.54, 1.807) is 0 Å². The topological polar surface area (TPSA) is 17.1 Å². The predicted octanol–water partition coefficient (Wildman–Crippen LogP) is 5.29. The van der Waals surface area contributed by atoms with Crippen molar-refractivity contribution in [3.8, 4) is 0 Å². The molecule has 2 aromatic carbocycles. The summed E-state index contributed by atoms with van der Waals surface area (Å²) in [5, 5.41) is 2.28. The van der Waals surface area contributed by atoms with Crippen LogP contribution in [0.25, 0.3) is 0 Å². The summed E-state index contributed by atoms with van der Waals surface area (Å²) in [6.07, 6.45) is 1.07.